The molecule has 0 radical (unpaired) electrons. The van der Waals surface area contributed by atoms with E-state index in [0.29, 0.717) is 16.9 Å². The third-order valence-electron chi connectivity index (χ3n) is 3.67. The van der Waals surface area contributed by atoms with Crippen molar-refractivity contribution in [1.82, 2.24) is 4.72 Å². The normalized spacial score (nSPS) is 11.0. The van der Waals surface area contributed by atoms with E-state index in [4.69, 9.17) is 0 Å². The number of carbonyl (C=O) groups is 2. The lowest BCUT2D eigenvalue weighted by Gasteiger charge is -2.11. The molecular formula is C18H21N3O4S. The Labute approximate surface area is 152 Å². The van der Waals surface area contributed by atoms with Gasteiger partial charge in [-0.2, -0.15) is 0 Å². The number of aryl methyl sites for hydroxylation is 1. The van der Waals surface area contributed by atoms with E-state index in [1.165, 1.54) is 20.0 Å². The van der Waals surface area contributed by atoms with Crippen LogP contribution >= 0.6 is 0 Å². The highest BCUT2D eigenvalue weighted by Gasteiger charge is 2.15. The Hall–Kier alpha value is -2.71. The maximum absolute atomic E-state index is 12.2. The van der Waals surface area contributed by atoms with Gasteiger partial charge in [-0.25, -0.2) is 13.1 Å². The number of benzene rings is 2. The average molecular weight is 375 g/mol. The van der Waals surface area contributed by atoms with E-state index >= 15 is 0 Å². The van der Waals surface area contributed by atoms with Gasteiger partial charge in [-0.05, 0) is 49.4 Å². The van der Waals surface area contributed by atoms with Crippen LogP contribution in [0.15, 0.2) is 47.4 Å². The first-order chi connectivity index (χ1) is 12.2. The fourth-order valence-corrected chi connectivity index (χ4v) is 3.37. The fraction of sp³-hybridized carbons (Fsp3) is 0.222. The molecule has 138 valence electrons. The van der Waals surface area contributed by atoms with Crippen molar-refractivity contribution in [2.75, 3.05) is 17.7 Å². The van der Waals surface area contributed by atoms with Crippen molar-refractivity contribution >= 4 is 33.2 Å². The standard InChI is InChI=1S/C18H21N3O4S/c1-12-4-7-16(11-17(12)26(24,25)19-3)21-18(23)10-14-5-8-15(9-6-14)20-13(2)22/h4-9,11,19H,10H2,1-3H3,(H,20,22)(H,21,23). The molecule has 3 N–H and O–H groups in total. The first kappa shape index (κ1) is 19.6. The van der Waals surface area contributed by atoms with Gasteiger partial charge in [0, 0.05) is 18.3 Å². The molecule has 7 nitrogen and oxygen atoms in total. The van der Waals surface area contributed by atoms with E-state index in [0.717, 1.165) is 5.56 Å². The number of hydrogen-bond acceptors (Lipinski definition) is 4. The van der Waals surface area contributed by atoms with Crippen LogP contribution in [0.3, 0.4) is 0 Å². The highest BCUT2D eigenvalue weighted by Crippen LogP contribution is 2.20. The Morgan fingerprint density at radius 3 is 2.15 bits per heavy atom. The molecular weight excluding hydrogens is 354 g/mol. The summed E-state index contributed by atoms with van der Waals surface area (Å²) in [6.07, 6.45) is 0.127. The van der Waals surface area contributed by atoms with Gasteiger partial charge >= 0.3 is 0 Å². The summed E-state index contributed by atoms with van der Waals surface area (Å²) in [6, 6.07) is 11.7. The summed E-state index contributed by atoms with van der Waals surface area (Å²) in [5.41, 5.74) is 2.42. The van der Waals surface area contributed by atoms with Gasteiger partial charge < -0.3 is 10.6 Å². The minimum absolute atomic E-state index is 0.123. The van der Waals surface area contributed by atoms with Gasteiger partial charge in [0.05, 0.1) is 11.3 Å². The van der Waals surface area contributed by atoms with E-state index in [1.807, 2.05) is 0 Å². The van der Waals surface area contributed by atoms with E-state index in [-0.39, 0.29) is 23.1 Å². The number of hydrogen-bond donors (Lipinski definition) is 3. The van der Waals surface area contributed by atoms with Crippen LogP contribution < -0.4 is 15.4 Å². The second-order valence-corrected chi connectivity index (χ2v) is 7.65. The lowest BCUT2D eigenvalue weighted by atomic mass is 10.1. The maximum Gasteiger partial charge on any atom is 0.240 e. The second-order valence-electron chi connectivity index (χ2n) is 5.79. The van der Waals surface area contributed by atoms with Crippen LogP contribution in [0.4, 0.5) is 11.4 Å². The van der Waals surface area contributed by atoms with Gasteiger partial charge in [0.2, 0.25) is 21.8 Å². The van der Waals surface area contributed by atoms with E-state index < -0.39 is 10.0 Å². The zero-order chi connectivity index (χ0) is 19.3. The van der Waals surface area contributed by atoms with Gasteiger partial charge in [-0.15, -0.1) is 0 Å². The number of anilines is 2. The van der Waals surface area contributed by atoms with E-state index in [2.05, 4.69) is 15.4 Å². The van der Waals surface area contributed by atoms with E-state index in [9.17, 15) is 18.0 Å². The van der Waals surface area contributed by atoms with Crippen molar-refractivity contribution in [2.24, 2.45) is 0 Å². The molecule has 0 unspecified atom stereocenters. The Bertz CT molecular complexity index is 922. The number of amides is 2. The van der Waals surface area contributed by atoms with Gasteiger partial charge in [-0.1, -0.05) is 18.2 Å². The van der Waals surface area contributed by atoms with Crippen molar-refractivity contribution in [3.05, 3.63) is 53.6 Å². The van der Waals surface area contributed by atoms with Crippen LogP contribution in [0.1, 0.15) is 18.1 Å². The first-order valence-corrected chi connectivity index (χ1v) is 9.40. The molecule has 0 spiro atoms. The fourth-order valence-electron chi connectivity index (χ4n) is 2.38. The lowest BCUT2D eigenvalue weighted by molar-refractivity contribution is -0.116. The average Bonchev–Trinajstić information content (AvgIpc) is 2.57. The van der Waals surface area contributed by atoms with Crippen LogP contribution in [0.2, 0.25) is 0 Å². The molecule has 26 heavy (non-hydrogen) atoms. The molecule has 0 fully saturated rings. The Kier molecular flexibility index (Phi) is 6.12. The Balaban J connectivity index is 2.08. The minimum Gasteiger partial charge on any atom is -0.326 e. The molecule has 0 atom stereocenters. The number of rotatable bonds is 6. The topological polar surface area (TPSA) is 104 Å². The predicted molar refractivity (Wildman–Crippen MR) is 101 cm³/mol. The molecule has 2 amide bonds. The summed E-state index contributed by atoms with van der Waals surface area (Å²) in [5.74, 6) is -0.434. The molecule has 2 aromatic rings. The van der Waals surface area contributed by atoms with Gasteiger partial charge in [-0.3, -0.25) is 9.59 Å². The van der Waals surface area contributed by atoms with Crippen molar-refractivity contribution in [3.63, 3.8) is 0 Å². The second kappa shape index (κ2) is 8.11. The zero-order valence-electron chi connectivity index (χ0n) is 14.8. The number of carbonyl (C=O) groups excluding carboxylic acids is 2. The maximum atomic E-state index is 12.2. The third kappa shape index (κ3) is 5.14. The molecule has 0 aliphatic heterocycles. The van der Waals surface area contributed by atoms with Gasteiger partial charge in [0.15, 0.2) is 0 Å². The molecule has 0 saturated heterocycles. The summed E-state index contributed by atoms with van der Waals surface area (Å²) < 4.78 is 26.3. The monoisotopic (exact) mass is 375 g/mol. The molecule has 0 bridgehead atoms. The summed E-state index contributed by atoms with van der Waals surface area (Å²) in [6.45, 7) is 3.11. The minimum atomic E-state index is -3.60. The van der Waals surface area contributed by atoms with Gasteiger partial charge in [0.25, 0.3) is 0 Å². The van der Waals surface area contributed by atoms with Crippen molar-refractivity contribution < 1.29 is 18.0 Å². The van der Waals surface area contributed by atoms with E-state index in [1.54, 1.807) is 43.3 Å². The van der Waals surface area contributed by atoms with Crippen LogP contribution in [-0.2, 0) is 26.0 Å². The van der Waals surface area contributed by atoms with Crippen LogP contribution in [0.25, 0.3) is 0 Å². The summed E-state index contributed by atoms with van der Waals surface area (Å²) in [7, 11) is -2.26. The third-order valence-corrected chi connectivity index (χ3v) is 5.23. The summed E-state index contributed by atoms with van der Waals surface area (Å²) in [5, 5.41) is 5.35. The quantitative estimate of drug-likeness (QED) is 0.719. The van der Waals surface area contributed by atoms with Crippen molar-refractivity contribution in [1.29, 1.82) is 0 Å². The molecule has 8 heteroatoms. The van der Waals surface area contributed by atoms with Crippen LogP contribution in [0.5, 0.6) is 0 Å². The zero-order valence-corrected chi connectivity index (χ0v) is 15.6. The number of sulfonamides is 1. The highest BCUT2D eigenvalue weighted by atomic mass is 32.2. The Morgan fingerprint density at radius 1 is 0.962 bits per heavy atom. The molecule has 0 aromatic heterocycles. The number of nitrogens with one attached hydrogen (secondary N) is 3. The molecule has 2 rings (SSSR count). The summed E-state index contributed by atoms with van der Waals surface area (Å²) >= 11 is 0. The first-order valence-electron chi connectivity index (χ1n) is 7.92. The lowest BCUT2D eigenvalue weighted by Crippen LogP contribution is -2.20. The largest absolute Gasteiger partial charge is 0.326 e. The highest BCUT2D eigenvalue weighted by molar-refractivity contribution is 7.89. The Morgan fingerprint density at radius 2 is 1.58 bits per heavy atom. The van der Waals surface area contributed by atoms with Crippen molar-refractivity contribution in [2.45, 2.75) is 25.2 Å². The summed E-state index contributed by atoms with van der Waals surface area (Å²) in [4.78, 5) is 23.3. The molecule has 0 heterocycles. The SMILES string of the molecule is CNS(=O)(=O)c1cc(NC(=O)Cc2ccc(NC(C)=O)cc2)ccc1C. The molecule has 0 saturated carbocycles. The molecule has 0 aliphatic carbocycles. The van der Waals surface area contributed by atoms with Crippen LogP contribution in [0, 0.1) is 6.92 Å². The predicted octanol–water partition coefficient (Wildman–Crippen LogP) is 2.04. The van der Waals surface area contributed by atoms with Crippen molar-refractivity contribution in [3.8, 4) is 0 Å². The molecule has 2 aromatic carbocycles. The van der Waals surface area contributed by atoms with Crippen LogP contribution in [-0.4, -0.2) is 27.3 Å². The molecule has 0 aliphatic rings. The van der Waals surface area contributed by atoms with Gasteiger partial charge in [0.1, 0.15) is 0 Å². The smallest absolute Gasteiger partial charge is 0.240 e.